The van der Waals surface area contributed by atoms with Gasteiger partial charge in [0.2, 0.25) is 0 Å². The van der Waals surface area contributed by atoms with Crippen LogP contribution in [0.3, 0.4) is 0 Å². The Morgan fingerprint density at radius 1 is 1.32 bits per heavy atom. The maximum absolute atomic E-state index is 6.04. The molecule has 2 aromatic rings. The molecule has 19 heavy (non-hydrogen) atoms. The first-order valence-electron chi connectivity index (χ1n) is 6.69. The molecule has 2 nitrogen and oxygen atoms in total. The number of aromatic nitrogens is 1. The van der Waals surface area contributed by atoms with Gasteiger partial charge in [-0.3, -0.25) is 4.98 Å². The third-order valence-electron chi connectivity index (χ3n) is 3.77. The lowest BCUT2D eigenvalue weighted by Gasteiger charge is -2.20. The first kappa shape index (κ1) is 12.6. The lowest BCUT2D eigenvalue weighted by atomic mass is 10.1. The quantitative estimate of drug-likeness (QED) is 0.911. The number of nitrogens with one attached hydrogen (secondary N) is 1. The van der Waals surface area contributed by atoms with Gasteiger partial charge in [0.1, 0.15) is 0 Å². The number of rotatable bonds is 3. The Morgan fingerprint density at radius 2 is 2.21 bits per heavy atom. The fourth-order valence-corrected chi connectivity index (χ4v) is 2.97. The van der Waals surface area contributed by atoms with Gasteiger partial charge in [-0.15, -0.1) is 0 Å². The molecule has 1 aliphatic rings. The molecule has 1 aliphatic carbocycles. The van der Waals surface area contributed by atoms with Crippen LogP contribution in [0, 0.1) is 0 Å². The van der Waals surface area contributed by atoms with Gasteiger partial charge >= 0.3 is 0 Å². The Balaban J connectivity index is 1.76. The second-order valence-electron chi connectivity index (χ2n) is 5.08. The molecule has 0 radical (unpaired) electrons. The molecule has 0 spiro atoms. The zero-order valence-electron chi connectivity index (χ0n) is 10.9. The second-order valence-corrected chi connectivity index (χ2v) is 5.51. The fourth-order valence-electron chi connectivity index (χ4n) is 2.78. The van der Waals surface area contributed by atoms with Gasteiger partial charge in [-0.2, -0.15) is 0 Å². The van der Waals surface area contributed by atoms with E-state index in [1.54, 1.807) is 0 Å². The van der Waals surface area contributed by atoms with Crippen LogP contribution < -0.4 is 5.32 Å². The van der Waals surface area contributed by atoms with E-state index < -0.39 is 0 Å². The molecule has 3 heteroatoms. The summed E-state index contributed by atoms with van der Waals surface area (Å²) < 4.78 is 0. The smallest absolute Gasteiger partial charge is 0.0570 e. The second kappa shape index (κ2) is 5.32. The minimum absolute atomic E-state index is 0.257. The van der Waals surface area contributed by atoms with E-state index in [-0.39, 0.29) is 6.04 Å². The normalized spacial score (nSPS) is 19.2. The maximum atomic E-state index is 6.04. The van der Waals surface area contributed by atoms with Crippen molar-refractivity contribution in [2.24, 2.45) is 0 Å². The Labute approximate surface area is 118 Å². The van der Waals surface area contributed by atoms with Gasteiger partial charge in [-0.05, 0) is 55.2 Å². The average molecular weight is 273 g/mol. The lowest BCUT2D eigenvalue weighted by molar-refractivity contribution is 0.458. The molecule has 98 valence electrons. The summed E-state index contributed by atoms with van der Waals surface area (Å²) in [6, 6.07) is 12.9. The number of aryl methyl sites for hydroxylation is 1. The predicted molar refractivity (Wildman–Crippen MR) is 78.3 cm³/mol. The van der Waals surface area contributed by atoms with E-state index in [1.807, 2.05) is 24.4 Å². The van der Waals surface area contributed by atoms with E-state index in [4.69, 9.17) is 11.6 Å². The molecule has 0 bridgehead atoms. The molecule has 1 aromatic heterocycles. The van der Waals surface area contributed by atoms with E-state index >= 15 is 0 Å². The molecular formula is C16H17ClN2. The fraction of sp³-hybridized carbons (Fsp3) is 0.312. The summed E-state index contributed by atoms with van der Waals surface area (Å²) >= 11 is 6.04. The Kier molecular flexibility index (Phi) is 3.54. The van der Waals surface area contributed by atoms with E-state index in [0.717, 1.165) is 23.6 Å². The molecule has 0 saturated heterocycles. The van der Waals surface area contributed by atoms with Crippen molar-refractivity contribution in [2.75, 3.05) is 0 Å². The molecule has 0 amide bonds. The SMILES string of the molecule is C[C@@H](NC1CCc2cc(Cl)ccc21)c1ccccn1. The number of hydrogen-bond donors (Lipinski definition) is 1. The number of pyridine rings is 1. The van der Waals surface area contributed by atoms with Gasteiger partial charge < -0.3 is 5.32 Å². The van der Waals surface area contributed by atoms with Crippen molar-refractivity contribution in [1.82, 2.24) is 10.3 Å². The van der Waals surface area contributed by atoms with Gasteiger partial charge in [0.05, 0.1) is 5.69 Å². The highest BCUT2D eigenvalue weighted by Gasteiger charge is 2.24. The zero-order valence-corrected chi connectivity index (χ0v) is 11.7. The van der Waals surface area contributed by atoms with Crippen LogP contribution in [0.25, 0.3) is 0 Å². The van der Waals surface area contributed by atoms with Crippen LogP contribution in [0.1, 0.15) is 42.2 Å². The van der Waals surface area contributed by atoms with Crippen molar-refractivity contribution in [3.05, 3.63) is 64.4 Å². The van der Waals surface area contributed by atoms with Crippen LogP contribution in [0.5, 0.6) is 0 Å². The van der Waals surface area contributed by atoms with Crippen molar-refractivity contribution in [1.29, 1.82) is 0 Å². The van der Waals surface area contributed by atoms with Crippen LogP contribution >= 0.6 is 11.6 Å². The standard InChI is InChI=1S/C16H17ClN2/c1-11(15-4-2-3-9-18-15)19-16-8-5-12-10-13(17)6-7-14(12)16/h2-4,6-7,9-11,16,19H,5,8H2,1H3/t11-,16?/m1/s1. The average Bonchev–Trinajstić information content (AvgIpc) is 2.82. The highest BCUT2D eigenvalue weighted by Crippen LogP contribution is 2.34. The number of benzene rings is 1. The van der Waals surface area contributed by atoms with E-state index in [9.17, 15) is 0 Å². The van der Waals surface area contributed by atoms with E-state index in [0.29, 0.717) is 6.04 Å². The summed E-state index contributed by atoms with van der Waals surface area (Å²) in [6.07, 6.45) is 4.07. The Morgan fingerprint density at radius 3 is 3.00 bits per heavy atom. The number of nitrogens with zero attached hydrogens (tertiary/aromatic N) is 1. The maximum Gasteiger partial charge on any atom is 0.0570 e. The highest BCUT2D eigenvalue weighted by atomic mass is 35.5. The largest absolute Gasteiger partial charge is 0.302 e. The summed E-state index contributed by atoms with van der Waals surface area (Å²) in [6.45, 7) is 2.16. The molecule has 1 N–H and O–H groups in total. The Bertz CT molecular complexity index is 568. The third-order valence-corrected chi connectivity index (χ3v) is 4.00. The predicted octanol–water partition coefficient (Wildman–Crippen LogP) is 4.07. The zero-order chi connectivity index (χ0) is 13.2. The number of halogens is 1. The Hall–Kier alpha value is -1.38. The molecular weight excluding hydrogens is 256 g/mol. The molecule has 1 heterocycles. The van der Waals surface area contributed by atoms with Crippen LogP contribution in [0.2, 0.25) is 5.02 Å². The first-order chi connectivity index (χ1) is 9.24. The van der Waals surface area contributed by atoms with Gasteiger partial charge in [0.25, 0.3) is 0 Å². The van der Waals surface area contributed by atoms with Gasteiger partial charge in [0.15, 0.2) is 0 Å². The number of hydrogen-bond acceptors (Lipinski definition) is 2. The molecule has 0 aliphatic heterocycles. The third kappa shape index (κ3) is 2.65. The van der Waals surface area contributed by atoms with Gasteiger partial charge in [-0.1, -0.05) is 23.7 Å². The molecule has 0 fully saturated rings. The summed E-state index contributed by atoms with van der Waals surface area (Å²) in [4.78, 5) is 4.41. The monoisotopic (exact) mass is 272 g/mol. The minimum Gasteiger partial charge on any atom is -0.302 e. The topological polar surface area (TPSA) is 24.9 Å². The molecule has 2 atom stereocenters. The van der Waals surface area contributed by atoms with Crippen LogP contribution in [0.4, 0.5) is 0 Å². The van der Waals surface area contributed by atoms with Gasteiger partial charge in [-0.25, -0.2) is 0 Å². The molecule has 1 aromatic carbocycles. The van der Waals surface area contributed by atoms with E-state index in [1.165, 1.54) is 11.1 Å². The minimum atomic E-state index is 0.257. The lowest BCUT2D eigenvalue weighted by Crippen LogP contribution is -2.23. The molecule has 3 rings (SSSR count). The van der Waals surface area contributed by atoms with Crippen molar-refractivity contribution in [3.8, 4) is 0 Å². The van der Waals surface area contributed by atoms with Crippen molar-refractivity contribution >= 4 is 11.6 Å². The summed E-state index contributed by atoms with van der Waals surface area (Å²) in [5, 5.41) is 4.50. The summed E-state index contributed by atoms with van der Waals surface area (Å²) in [5.74, 6) is 0. The van der Waals surface area contributed by atoms with Crippen LogP contribution in [-0.2, 0) is 6.42 Å². The first-order valence-corrected chi connectivity index (χ1v) is 7.07. The van der Waals surface area contributed by atoms with E-state index in [2.05, 4.69) is 35.4 Å². The number of fused-ring (bicyclic) bond motifs is 1. The molecule has 0 saturated carbocycles. The van der Waals surface area contributed by atoms with Crippen LogP contribution in [-0.4, -0.2) is 4.98 Å². The summed E-state index contributed by atoms with van der Waals surface area (Å²) in [7, 11) is 0. The highest BCUT2D eigenvalue weighted by molar-refractivity contribution is 6.30. The van der Waals surface area contributed by atoms with Gasteiger partial charge in [0, 0.05) is 23.3 Å². The van der Waals surface area contributed by atoms with Crippen molar-refractivity contribution < 1.29 is 0 Å². The van der Waals surface area contributed by atoms with Crippen molar-refractivity contribution in [3.63, 3.8) is 0 Å². The summed E-state index contributed by atoms with van der Waals surface area (Å²) in [5.41, 5.74) is 3.84. The molecule has 1 unspecified atom stereocenters. The van der Waals surface area contributed by atoms with Crippen molar-refractivity contribution in [2.45, 2.75) is 31.8 Å². The van der Waals surface area contributed by atoms with Crippen LogP contribution in [0.15, 0.2) is 42.6 Å².